The molecule has 0 spiro atoms. The van der Waals surface area contributed by atoms with Gasteiger partial charge < -0.3 is 15.8 Å². The molecule has 0 amide bonds. The first-order valence-electron chi connectivity index (χ1n) is 7.44. The van der Waals surface area contributed by atoms with Gasteiger partial charge in [0.05, 0.1) is 6.10 Å². The quantitative estimate of drug-likeness (QED) is 0.805. The van der Waals surface area contributed by atoms with E-state index in [1.165, 1.54) is 0 Å². The Morgan fingerprint density at radius 1 is 1.35 bits per heavy atom. The molecule has 0 aliphatic heterocycles. The number of nitrogens with one attached hydrogen (secondary N) is 1. The van der Waals surface area contributed by atoms with Crippen LogP contribution in [0, 0.1) is 5.41 Å². The monoisotopic (exact) mass is 279 g/mol. The Labute approximate surface area is 123 Å². The summed E-state index contributed by atoms with van der Waals surface area (Å²) in [5.41, 5.74) is 7.11. The second kappa shape index (κ2) is 7.60. The summed E-state index contributed by atoms with van der Waals surface area (Å²) in [6.45, 7) is 12.4. The van der Waals surface area contributed by atoms with Gasteiger partial charge in [0.2, 0.25) is 0 Å². The SMILES string of the molecule is CCNC(Cc1cccnc1N)C(OCC)C(C)(C)C. The van der Waals surface area contributed by atoms with Crippen molar-refractivity contribution in [1.29, 1.82) is 0 Å². The molecular formula is C16H29N3O. The Bertz CT molecular complexity index is 401. The minimum absolute atomic E-state index is 0.0693. The molecule has 0 fully saturated rings. The number of hydrogen-bond acceptors (Lipinski definition) is 4. The number of rotatable bonds is 7. The molecule has 20 heavy (non-hydrogen) atoms. The van der Waals surface area contributed by atoms with E-state index < -0.39 is 0 Å². The number of hydrogen-bond donors (Lipinski definition) is 2. The fourth-order valence-electron chi connectivity index (χ4n) is 2.56. The second-order valence-corrected chi connectivity index (χ2v) is 6.16. The molecule has 4 nitrogen and oxygen atoms in total. The molecule has 1 aromatic heterocycles. The highest BCUT2D eigenvalue weighted by atomic mass is 16.5. The molecule has 0 saturated carbocycles. The van der Waals surface area contributed by atoms with Gasteiger partial charge in [0.25, 0.3) is 0 Å². The highest BCUT2D eigenvalue weighted by Gasteiger charge is 2.32. The van der Waals surface area contributed by atoms with E-state index in [0.29, 0.717) is 12.4 Å². The van der Waals surface area contributed by atoms with Crippen molar-refractivity contribution >= 4 is 5.82 Å². The molecular weight excluding hydrogens is 250 g/mol. The number of nitrogens with zero attached hydrogens (tertiary/aromatic N) is 1. The zero-order valence-corrected chi connectivity index (χ0v) is 13.4. The van der Waals surface area contributed by atoms with Gasteiger partial charge in [0.1, 0.15) is 5.82 Å². The van der Waals surface area contributed by atoms with Gasteiger partial charge in [-0.2, -0.15) is 0 Å². The summed E-state index contributed by atoms with van der Waals surface area (Å²) in [7, 11) is 0. The van der Waals surface area contributed by atoms with Gasteiger partial charge >= 0.3 is 0 Å². The number of nitrogen functional groups attached to an aromatic ring is 1. The van der Waals surface area contributed by atoms with Crippen LogP contribution in [0.3, 0.4) is 0 Å². The fraction of sp³-hybridized carbons (Fsp3) is 0.688. The van der Waals surface area contributed by atoms with Crippen molar-refractivity contribution in [2.45, 2.75) is 53.2 Å². The first-order valence-corrected chi connectivity index (χ1v) is 7.44. The van der Waals surface area contributed by atoms with Crippen molar-refractivity contribution in [3.63, 3.8) is 0 Å². The first kappa shape index (κ1) is 16.9. The van der Waals surface area contributed by atoms with Crippen molar-refractivity contribution < 1.29 is 4.74 Å². The third-order valence-corrected chi connectivity index (χ3v) is 3.40. The van der Waals surface area contributed by atoms with Crippen LogP contribution in [0.1, 0.15) is 40.2 Å². The largest absolute Gasteiger partial charge is 0.383 e. The molecule has 1 rings (SSSR count). The van der Waals surface area contributed by atoms with Crippen LogP contribution in [0.15, 0.2) is 18.3 Å². The molecule has 1 heterocycles. The van der Waals surface area contributed by atoms with Crippen LogP contribution in [0.25, 0.3) is 0 Å². The average molecular weight is 279 g/mol. The normalized spacial score (nSPS) is 15.1. The molecule has 114 valence electrons. The molecule has 3 N–H and O–H groups in total. The van der Waals surface area contributed by atoms with Gasteiger partial charge in [0, 0.05) is 18.8 Å². The summed E-state index contributed by atoms with van der Waals surface area (Å²) >= 11 is 0. The van der Waals surface area contributed by atoms with E-state index in [9.17, 15) is 0 Å². The summed E-state index contributed by atoms with van der Waals surface area (Å²) in [6, 6.07) is 4.20. The summed E-state index contributed by atoms with van der Waals surface area (Å²) in [6.07, 6.45) is 2.69. The van der Waals surface area contributed by atoms with Gasteiger partial charge in [-0.05, 0) is 36.9 Å². The molecule has 2 atom stereocenters. The smallest absolute Gasteiger partial charge is 0.126 e. The number of nitrogens with two attached hydrogens (primary N) is 1. The summed E-state index contributed by atoms with van der Waals surface area (Å²) in [5, 5.41) is 3.54. The molecule has 0 radical (unpaired) electrons. The lowest BCUT2D eigenvalue weighted by Gasteiger charge is -2.37. The lowest BCUT2D eigenvalue weighted by molar-refractivity contribution is -0.0352. The van der Waals surface area contributed by atoms with Crippen molar-refractivity contribution in [3.8, 4) is 0 Å². The number of likely N-dealkylation sites (N-methyl/N-ethyl adjacent to an activating group) is 1. The van der Waals surface area contributed by atoms with Crippen LogP contribution in [-0.2, 0) is 11.2 Å². The Morgan fingerprint density at radius 3 is 2.55 bits per heavy atom. The number of aromatic nitrogens is 1. The van der Waals surface area contributed by atoms with Gasteiger partial charge in [0.15, 0.2) is 0 Å². The summed E-state index contributed by atoms with van der Waals surface area (Å²) < 4.78 is 6.01. The zero-order chi connectivity index (χ0) is 15.2. The summed E-state index contributed by atoms with van der Waals surface area (Å²) in [5.74, 6) is 0.611. The predicted octanol–water partition coefficient (Wildman–Crippen LogP) is 2.64. The molecule has 4 heteroatoms. The summed E-state index contributed by atoms with van der Waals surface area (Å²) in [4.78, 5) is 4.17. The van der Waals surface area contributed by atoms with Gasteiger partial charge in [-0.1, -0.05) is 33.8 Å². The second-order valence-electron chi connectivity index (χ2n) is 6.16. The zero-order valence-electron chi connectivity index (χ0n) is 13.4. The van der Waals surface area contributed by atoms with E-state index in [0.717, 1.165) is 18.5 Å². The van der Waals surface area contributed by atoms with E-state index in [4.69, 9.17) is 10.5 Å². The van der Waals surface area contributed by atoms with Gasteiger partial charge in [-0.25, -0.2) is 4.98 Å². The number of ether oxygens (including phenoxy) is 1. The molecule has 0 saturated heterocycles. The van der Waals surface area contributed by atoms with Gasteiger partial charge in [-0.15, -0.1) is 0 Å². The maximum Gasteiger partial charge on any atom is 0.126 e. The molecule has 0 aliphatic carbocycles. The van der Waals surface area contributed by atoms with E-state index >= 15 is 0 Å². The Kier molecular flexibility index (Phi) is 6.43. The standard InChI is InChI=1S/C16H29N3O/c1-6-18-13(14(20-7-2)16(3,4)5)11-12-9-8-10-19-15(12)17/h8-10,13-14,18H,6-7,11H2,1-5H3,(H2,17,19). The Balaban J connectivity index is 2.94. The topological polar surface area (TPSA) is 60.2 Å². The van der Waals surface area contributed by atoms with Crippen LogP contribution < -0.4 is 11.1 Å². The number of pyridine rings is 1. The van der Waals surface area contributed by atoms with Crippen LogP contribution >= 0.6 is 0 Å². The highest BCUT2D eigenvalue weighted by Crippen LogP contribution is 2.27. The van der Waals surface area contributed by atoms with Crippen molar-refractivity contribution in [3.05, 3.63) is 23.9 Å². The molecule has 2 unspecified atom stereocenters. The van der Waals surface area contributed by atoms with Crippen LogP contribution in [0.5, 0.6) is 0 Å². The maximum atomic E-state index is 6.01. The van der Waals surface area contributed by atoms with Crippen molar-refractivity contribution in [2.24, 2.45) is 5.41 Å². The van der Waals surface area contributed by atoms with E-state index in [2.05, 4.69) is 38.0 Å². The minimum Gasteiger partial charge on any atom is -0.383 e. The first-order chi connectivity index (χ1) is 9.40. The highest BCUT2D eigenvalue weighted by molar-refractivity contribution is 5.39. The lowest BCUT2D eigenvalue weighted by Crippen LogP contribution is -2.49. The van der Waals surface area contributed by atoms with Crippen LogP contribution in [0.4, 0.5) is 5.82 Å². The number of anilines is 1. The average Bonchev–Trinajstić information content (AvgIpc) is 2.37. The van der Waals surface area contributed by atoms with Crippen LogP contribution in [0.2, 0.25) is 0 Å². The maximum absolute atomic E-state index is 6.01. The Hall–Kier alpha value is -1.13. The molecule has 0 aromatic carbocycles. The van der Waals surface area contributed by atoms with Crippen molar-refractivity contribution in [2.75, 3.05) is 18.9 Å². The van der Waals surface area contributed by atoms with Crippen LogP contribution in [-0.4, -0.2) is 30.3 Å². The van der Waals surface area contributed by atoms with Crippen molar-refractivity contribution in [1.82, 2.24) is 10.3 Å². The molecule has 0 aliphatic rings. The molecule has 1 aromatic rings. The third-order valence-electron chi connectivity index (χ3n) is 3.40. The Morgan fingerprint density at radius 2 is 2.05 bits per heavy atom. The third kappa shape index (κ3) is 4.76. The van der Waals surface area contributed by atoms with E-state index in [1.807, 2.05) is 19.1 Å². The lowest BCUT2D eigenvalue weighted by atomic mass is 9.82. The minimum atomic E-state index is 0.0693. The predicted molar refractivity (Wildman–Crippen MR) is 84.7 cm³/mol. The van der Waals surface area contributed by atoms with E-state index in [-0.39, 0.29) is 17.6 Å². The fourth-order valence-corrected chi connectivity index (χ4v) is 2.56. The van der Waals surface area contributed by atoms with E-state index in [1.54, 1.807) is 6.20 Å². The molecule has 0 bridgehead atoms. The van der Waals surface area contributed by atoms with Gasteiger partial charge in [-0.3, -0.25) is 0 Å².